The molecule has 112 valence electrons. The summed E-state index contributed by atoms with van der Waals surface area (Å²) in [6.07, 6.45) is 1.80. The summed E-state index contributed by atoms with van der Waals surface area (Å²) in [5.41, 5.74) is 3.24. The fourth-order valence-electron chi connectivity index (χ4n) is 2.35. The fraction of sp³-hybridized carbons (Fsp3) is 0.389. The Kier molecular flexibility index (Phi) is 4.97. The van der Waals surface area contributed by atoms with Crippen LogP contribution in [0.5, 0.6) is 11.5 Å². The third-order valence-electron chi connectivity index (χ3n) is 3.59. The summed E-state index contributed by atoms with van der Waals surface area (Å²) in [6.45, 7) is 8.39. The molecule has 0 radical (unpaired) electrons. The Morgan fingerprint density at radius 2 is 1.86 bits per heavy atom. The highest BCUT2D eigenvalue weighted by molar-refractivity contribution is 5.38. The molecule has 0 saturated heterocycles. The summed E-state index contributed by atoms with van der Waals surface area (Å²) in [7, 11) is 0. The third kappa shape index (κ3) is 3.82. The van der Waals surface area contributed by atoms with Crippen LogP contribution >= 0.6 is 0 Å². The van der Waals surface area contributed by atoms with E-state index in [4.69, 9.17) is 4.74 Å². The molecule has 1 heterocycles. The van der Waals surface area contributed by atoms with E-state index in [2.05, 4.69) is 31.8 Å². The van der Waals surface area contributed by atoms with Gasteiger partial charge >= 0.3 is 0 Å². The number of aromatic nitrogens is 1. The minimum Gasteiger partial charge on any atom is -0.456 e. The molecule has 1 aromatic carbocycles. The largest absolute Gasteiger partial charge is 0.456 e. The molecule has 2 rings (SSSR count). The number of aliphatic hydroxyl groups is 1. The first-order valence-corrected chi connectivity index (χ1v) is 7.43. The number of rotatable bonds is 5. The van der Waals surface area contributed by atoms with Crippen molar-refractivity contribution < 1.29 is 9.84 Å². The molecule has 1 N–H and O–H groups in total. The van der Waals surface area contributed by atoms with Gasteiger partial charge in [0, 0.05) is 0 Å². The zero-order chi connectivity index (χ0) is 15.4. The lowest BCUT2D eigenvalue weighted by atomic mass is 9.98. The summed E-state index contributed by atoms with van der Waals surface area (Å²) in [5, 5.41) is 9.73. The van der Waals surface area contributed by atoms with Gasteiger partial charge in [0.05, 0.1) is 18.0 Å². The van der Waals surface area contributed by atoms with E-state index >= 15 is 0 Å². The molecule has 2 aromatic rings. The van der Waals surface area contributed by atoms with Gasteiger partial charge in [0.2, 0.25) is 0 Å². The third-order valence-corrected chi connectivity index (χ3v) is 3.59. The predicted octanol–water partition coefficient (Wildman–Crippen LogP) is 4.75. The van der Waals surface area contributed by atoms with Gasteiger partial charge in [-0.3, -0.25) is 4.98 Å². The van der Waals surface area contributed by atoms with Crippen LogP contribution in [0.2, 0.25) is 0 Å². The molecule has 0 aliphatic rings. The van der Waals surface area contributed by atoms with E-state index in [9.17, 15) is 5.11 Å². The van der Waals surface area contributed by atoms with Gasteiger partial charge in [-0.15, -0.1) is 0 Å². The van der Waals surface area contributed by atoms with Gasteiger partial charge < -0.3 is 9.84 Å². The SMILES string of the molecule is CC[C@@H](O)c1ccc(Oc2ccc(C(C)C)c(C)c2)cn1. The van der Waals surface area contributed by atoms with Crippen molar-refractivity contribution in [3.8, 4) is 11.5 Å². The summed E-state index contributed by atoms with van der Waals surface area (Å²) in [5.74, 6) is 2.00. The Bertz CT molecular complexity index is 591. The number of pyridine rings is 1. The van der Waals surface area contributed by atoms with Gasteiger partial charge in [-0.05, 0) is 54.7 Å². The summed E-state index contributed by atoms with van der Waals surface area (Å²) >= 11 is 0. The first kappa shape index (κ1) is 15.5. The number of aryl methyl sites for hydroxylation is 1. The molecule has 3 heteroatoms. The Hall–Kier alpha value is -1.87. The number of hydrogen-bond acceptors (Lipinski definition) is 3. The number of hydrogen-bond donors (Lipinski definition) is 1. The topological polar surface area (TPSA) is 42.4 Å². The number of ether oxygens (including phenoxy) is 1. The Labute approximate surface area is 126 Å². The maximum Gasteiger partial charge on any atom is 0.145 e. The maximum absolute atomic E-state index is 9.73. The van der Waals surface area contributed by atoms with E-state index in [1.807, 2.05) is 25.1 Å². The average molecular weight is 285 g/mol. The molecule has 0 amide bonds. The molecule has 3 nitrogen and oxygen atoms in total. The molecule has 0 aliphatic heterocycles. The lowest BCUT2D eigenvalue weighted by Crippen LogP contribution is -1.98. The van der Waals surface area contributed by atoms with Crippen molar-refractivity contribution in [3.05, 3.63) is 53.3 Å². The van der Waals surface area contributed by atoms with E-state index in [1.165, 1.54) is 11.1 Å². The number of aliphatic hydroxyl groups excluding tert-OH is 1. The summed E-state index contributed by atoms with van der Waals surface area (Å²) in [6, 6.07) is 9.78. The molecular formula is C18H23NO2. The van der Waals surface area contributed by atoms with Crippen LogP contribution in [0.15, 0.2) is 36.5 Å². The van der Waals surface area contributed by atoms with E-state index in [1.54, 1.807) is 12.3 Å². The number of nitrogens with zero attached hydrogens (tertiary/aromatic N) is 1. The smallest absolute Gasteiger partial charge is 0.145 e. The Balaban J connectivity index is 2.13. The van der Waals surface area contributed by atoms with E-state index in [0.29, 0.717) is 23.8 Å². The normalized spacial score (nSPS) is 12.5. The summed E-state index contributed by atoms with van der Waals surface area (Å²) in [4.78, 5) is 4.24. The first-order chi connectivity index (χ1) is 10.0. The van der Waals surface area contributed by atoms with Crippen molar-refractivity contribution >= 4 is 0 Å². The van der Waals surface area contributed by atoms with Gasteiger partial charge in [0.25, 0.3) is 0 Å². The van der Waals surface area contributed by atoms with Crippen molar-refractivity contribution in [2.45, 2.75) is 46.1 Å². The minimum absolute atomic E-state index is 0.508. The lowest BCUT2D eigenvalue weighted by molar-refractivity contribution is 0.169. The second-order valence-corrected chi connectivity index (χ2v) is 5.62. The average Bonchev–Trinajstić information content (AvgIpc) is 2.47. The van der Waals surface area contributed by atoms with Gasteiger partial charge in [0.1, 0.15) is 11.5 Å². The van der Waals surface area contributed by atoms with Crippen LogP contribution in [0.1, 0.15) is 56.0 Å². The van der Waals surface area contributed by atoms with Crippen LogP contribution in [0.25, 0.3) is 0 Å². The molecule has 0 aliphatic carbocycles. The van der Waals surface area contributed by atoms with Crippen molar-refractivity contribution in [3.63, 3.8) is 0 Å². The first-order valence-electron chi connectivity index (χ1n) is 7.43. The minimum atomic E-state index is -0.508. The summed E-state index contributed by atoms with van der Waals surface area (Å²) < 4.78 is 5.82. The Morgan fingerprint density at radius 1 is 1.14 bits per heavy atom. The van der Waals surface area contributed by atoms with Gasteiger partial charge in [-0.1, -0.05) is 26.8 Å². The van der Waals surface area contributed by atoms with Crippen molar-refractivity contribution in [1.29, 1.82) is 0 Å². The second kappa shape index (κ2) is 6.72. The van der Waals surface area contributed by atoms with Crippen molar-refractivity contribution in [1.82, 2.24) is 4.98 Å². The van der Waals surface area contributed by atoms with Crippen LogP contribution in [0.4, 0.5) is 0 Å². The quantitative estimate of drug-likeness (QED) is 0.862. The zero-order valence-electron chi connectivity index (χ0n) is 13.1. The molecule has 0 bridgehead atoms. The molecule has 0 saturated carbocycles. The molecule has 1 atom stereocenters. The maximum atomic E-state index is 9.73. The van der Waals surface area contributed by atoms with Gasteiger partial charge in [0.15, 0.2) is 0 Å². The van der Waals surface area contributed by atoms with E-state index < -0.39 is 6.10 Å². The monoisotopic (exact) mass is 285 g/mol. The van der Waals surface area contributed by atoms with Crippen LogP contribution in [-0.2, 0) is 0 Å². The molecule has 0 unspecified atom stereocenters. The van der Waals surface area contributed by atoms with Crippen LogP contribution in [0, 0.1) is 6.92 Å². The van der Waals surface area contributed by atoms with Crippen LogP contribution in [0.3, 0.4) is 0 Å². The van der Waals surface area contributed by atoms with Crippen LogP contribution < -0.4 is 4.74 Å². The standard InChI is InChI=1S/C18H23NO2/c1-5-18(20)17-9-7-15(11-19-17)21-14-6-8-16(12(2)3)13(4)10-14/h6-12,18,20H,5H2,1-4H3/t18-/m1/s1. The molecular weight excluding hydrogens is 262 g/mol. The zero-order valence-corrected chi connectivity index (χ0v) is 13.1. The molecule has 0 spiro atoms. The highest BCUT2D eigenvalue weighted by atomic mass is 16.5. The van der Waals surface area contributed by atoms with E-state index in [0.717, 1.165) is 5.75 Å². The number of benzene rings is 1. The highest BCUT2D eigenvalue weighted by Crippen LogP contribution is 2.27. The fourth-order valence-corrected chi connectivity index (χ4v) is 2.35. The lowest BCUT2D eigenvalue weighted by Gasteiger charge is -2.13. The van der Waals surface area contributed by atoms with E-state index in [-0.39, 0.29) is 0 Å². The van der Waals surface area contributed by atoms with Crippen molar-refractivity contribution in [2.75, 3.05) is 0 Å². The predicted molar refractivity (Wildman–Crippen MR) is 84.8 cm³/mol. The van der Waals surface area contributed by atoms with Gasteiger partial charge in [-0.25, -0.2) is 0 Å². The van der Waals surface area contributed by atoms with Crippen molar-refractivity contribution in [2.24, 2.45) is 0 Å². The highest BCUT2D eigenvalue weighted by Gasteiger charge is 2.08. The molecule has 1 aromatic heterocycles. The molecule has 21 heavy (non-hydrogen) atoms. The Morgan fingerprint density at radius 3 is 2.38 bits per heavy atom. The second-order valence-electron chi connectivity index (χ2n) is 5.62. The van der Waals surface area contributed by atoms with Gasteiger partial charge in [-0.2, -0.15) is 0 Å². The van der Waals surface area contributed by atoms with Crippen LogP contribution in [-0.4, -0.2) is 10.1 Å². The molecule has 0 fully saturated rings.